The Morgan fingerprint density at radius 1 is 1.19 bits per heavy atom. The number of aromatic nitrogens is 1. The van der Waals surface area contributed by atoms with Gasteiger partial charge < -0.3 is 10.6 Å². The number of carbonyl (C=O) groups excluding carboxylic acids is 1. The molecule has 0 fully saturated rings. The van der Waals surface area contributed by atoms with Gasteiger partial charge in [-0.15, -0.1) is 0 Å². The highest BCUT2D eigenvalue weighted by atomic mass is 35.5. The summed E-state index contributed by atoms with van der Waals surface area (Å²) in [6.45, 7) is 2.80. The van der Waals surface area contributed by atoms with Gasteiger partial charge in [-0.1, -0.05) is 41.9 Å². The second kappa shape index (κ2) is 7.85. The van der Waals surface area contributed by atoms with Crippen molar-refractivity contribution in [1.82, 2.24) is 10.3 Å². The summed E-state index contributed by atoms with van der Waals surface area (Å²) >= 11 is 6.02. The molecule has 0 radical (unpaired) electrons. The lowest BCUT2D eigenvalue weighted by molar-refractivity contribution is 0.0955. The molecule has 26 heavy (non-hydrogen) atoms. The van der Waals surface area contributed by atoms with Crippen LogP contribution in [0.25, 0.3) is 10.9 Å². The van der Waals surface area contributed by atoms with E-state index < -0.39 is 0 Å². The largest absolute Gasteiger partial charge is 0.367 e. The van der Waals surface area contributed by atoms with Gasteiger partial charge in [0.1, 0.15) is 11.9 Å². The van der Waals surface area contributed by atoms with E-state index in [1.165, 1.54) is 0 Å². The van der Waals surface area contributed by atoms with Gasteiger partial charge in [-0.25, -0.2) is 4.98 Å². The lowest BCUT2D eigenvalue weighted by Gasteiger charge is -2.11. The molecular formula is C20H17ClN4O. The summed E-state index contributed by atoms with van der Waals surface area (Å²) in [5, 5.41) is 16.6. The highest BCUT2D eigenvalue weighted by Gasteiger charge is 2.10. The van der Waals surface area contributed by atoms with Crippen molar-refractivity contribution < 1.29 is 4.79 Å². The Balaban J connectivity index is 1.66. The molecule has 0 aliphatic heterocycles. The molecule has 1 amide bonds. The second-order valence-electron chi connectivity index (χ2n) is 5.81. The van der Waals surface area contributed by atoms with Crippen LogP contribution in [0, 0.1) is 18.3 Å². The molecule has 0 saturated heterocycles. The van der Waals surface area contributed by atoms with E-state index in [2.05, 4.69) is 21.7 Å². The van der Waals surface area contributed by atoms with E-state index in [1.807, 2.05) is 31.2 Å². The maximum absolute atomic E-state index is 12.1. The predicted molar refractivity (Wildman–Crippen MR) is 103 cm³/mol. The number of nitriles is 1. The van der Waals surface area contributed by atoms with Crippen LogP contribution in [0.1, 0.15) is 21.5 Å². The number of benzene rings is 2. The number of nitrogens with one attached hydrogen (secondary N) is 2. The van der Waals surface area contributed by atoms with Crippen LogP contribution in [0.3, 0.4) is 0 Å². The Labute approximate surface area is 156 Å². The first-order valence-electron chi connectivity index (χ1n) is 8.17. The Hall–Kier alpha value is -3.10. The molecule has 0 bridgehead atoms. The zero-order valence-corrected chi connectivity index (χ0v) is 15.0. The summed E-state index contributed by atoms with van der Waals surface area (Å²) < 4.78 is 0. The molecule has 0 aliphatic carbocycles. The van der Waals surface area contributed by atoms with E-state index in [9.17, 15) is 10.1 Å². The summed E-state index contributed by atoms with van der Waals surface area (Å²) in [7, 11) is 0. The number of hydrogen-bond acceptors (Lipinski definition) is 4. The minimum Gasteiger partial charge on any atom is -0.367 e. The molecule has 3 aromatic rings. The first kappa shape index (κ1) is 17.7. The van der Waals surface area contributed by atoms with Gasteiger partial charge >= 0.3 is 0 Å². The van der Waals surface area contributed by atoms with Crippen molar-refractivity contribution in [3.63, 3.8) is 0 Å². The Bertz CT molecular complexity index is 1010. The molecule has 1 aromatic heterocycles. The minimum atomic E-state index is -0.236. The van der Waals surface area contributed by atoms with Crippen molar-refractivity contribution in [1.29, 1.82) is 5.26 Å². The molecule has 2 N–H and O–H groups in total. The molecule has 5 nitrogen and oxygen atoms in total. The Kier molecular flexibility index (Phi) is 5.35. The van der Waals surface area contributed by atoms with Gasteiger partial charge in [0, 0.05) is 18.5 Å². The smallest absolute Gasteiger partial charge is 0.252 e. The molecule has 6 heteroatoms. The summed E-state index contributed by atoms with van der Waals surface area (Å²) in [6.07, 6.45) is 0. The number of pyridine rings is 1. The van der Waals surface area contributed by atoms with Crippen LogP contribution in [0.4, 0.5) is 5.82 Å². The van der Waals surface area contributed by atoms with Gasteiger partial charge in [0.25, 0.3) is 5.91 Å². The fourth-order valence-corrected chi connectivity index (χ4v) is 2.89. The molecule has 0 spiro atoms. The van der Waals surface area contributed by atoms with Crippen LogP contribution in [0.15, 0.2) is 48.5 Å². The Morgan fingerprint density at radius 2 is 2.00 bits per heavy atom. The van der Waals surface area contributed by atoms with Crippen molar-refractivity contribution in [3.8, 4) is 6.07 Å². The van der Waals surface area contributed by atoms with Crippen LogP contribution in [-0.2, 0) is 0 Å². The van der Waals surface area contributed by atoms with Crippen LogP contribution in [-0.4, -0.2) is 24.0 Å². The number of amides is 1. The number of carbonyl (C=O) groups is 1. The van der Waals surface area contributed by atoms with Gasteiger partial charge in [0.2, 0.25) is 0 Å². The Morgan fingerprint density at radius 3 is 2.77 bits per heavy atom. The minimum absolute atomic E-state index is 0.236. The summed E-state index contributed by atoms with van der Waals surface area (Å²) in [6, 6.07) is 16.7. The number of hydrogen-bond donors (Lipinski definition) is 2. The van der Waals surface area contributed by atoms with Gasteiger partial charge in [0.15, 0.2) is 0 Å². The zero-order valence-electron chi connectivity index (χ0n) is 14.2. The van der Waals surface area contributed by atoms with Crippen molar-refractivity contribution in [2.45, 2.75) is 6.92 Å². The highest BCUT2D eigenvalue weighted by molar-refractivity contribution is 6.33. The predicted octanol–water partition coefficient (Wildman–Crippen LogP) is 3.91. The van der Waals surface area contributed by atoms with Crippen LogP contribution in [0.2, 0.25) is 5.02 Å². The zero-order chi connectivity index (χ0) is 18.5. The molecular weight excluding hydrogens is 348 g/mol. The van der Waals surface area contributed by atoms with E-state index in [0.29, 0.717) is 35.1 Å². The fraction of sp³-hybridized carbons (Fsp3) is 0.150. The van der Waals surface area contributed by atoms with E-state index in [0.717, 1.165) is 16.5 Å². The lowest BCUT2D eigenvalue weighted by Crippen LogP contribution is -2.29. The van der Waals surface area contributed by atoms with E-state index >= 15 is 0 Å². The van der Waals surface area contributed by atoms with Crippen LogP contribution in [0.5, 0.6) is 0 Å². The first-order chi connectivity index (χ1) is 12.6. The average molecular weight is 365 g/mol. The molecule has 0 saturated carbocycles. The van der Waals surface area contributed by atoms with Gasteiger partial charge in [-0.05, 0) is 30.7 Å². The number of nitrogens with zero attached hydrogens (tertiary/aromatic N) is 2. The molecule has 3 rings (SSSR count). The van der Waals surface area contributed by atoms with E-state index in [-0.39, 0.29) is 5.91 Å². The second-order valence-corrected chi connectivity index (χ2v) is 6.21. The van der Waals surface area contributed by atoms with Crippen molar-refractivity contribution in [3.05, 3.63) is 70.2 Å². The third-order valence-electron chi connectivity index (χ3n) is 3.99. The average Bonchev–Trinajstić information content (AvgIpc) is 2.65. The van der Waals surface area contributed by atoms with E-state index in [4.69, 9.17) is 11.6 Å². The van der Waals surface area contributed by atoms with Crippen molar-refractivity contribution >= 4 is 34.2 Å². The highest BCUT2D eigenvalue weighted by Crippen LogP contribution is 2.22. The van der Waals surface area contributed by atoms with Crippen LogP contribution < -0.4 is 10.6 Å². The standard InChI is InChI=1S/C20H17ClN4O/c1-13-5-4-6-14-11-15(12-22)19(25-18(13)14)23-9-10-24-20(26)16-7-2-3-8-17(16)21/h2-8,11H,9-10H2,1H3,(H,23,25)(H,24,26). The molecule has 2 aromatic carbocycles. The van der Waals surface area contributed by atoms with Crippen LogP contribution >= 0.6 is 11.6 Å². The molecule has 130 valence electrons. The van der Waals surface area contributed by atoms with Gasteiger partial charge in [0.05, 0.1) is 21.7 Å². The third kappa shape index (κ3) is 3.76. The van der Waals surface area contributed by atoms with Crippen molar-refractivity contribution in [2.75, 3.05) is 18.4 Å². The molecule has 0 atom stereocenters. The van der Waals surface area contributed by atoms with Gasteiger partial charge in [-0.3, -0.25) is 4.79 Å². The summed E-state index contributed by atoms with van der Waals surface area (Å²) in [5.41, 5.74) is 2.81. The van der Waals surface area contributed by atoms with E-state index in [1.54, 1.807) is 24.3 Å². The number of aryl methyl sites for hydroxylation is 1. The number of anilines is 1. The maximum atomic E-state index is 12.1. The quantitative estimate of drug-likeness (QED) is 0.673. The topological polar surface area (TPSA) is 77.8 Å². The third-order valence-corrected chi connectivity index (χ3v) is 4.32. The number of para-hydroxylation sites is 1. The molecule has 1 heterocycles. The molecule has 0 aliphatic rings. The maximum Gasteiger partial charge on any atom is 0.252 e. The SMILES string of the molecule is Cc1cccc2cc(C#N)c(NCCNC(=O)c3ccccc3Cl)nc12. The van der Waals surface area contributed by atoms with Crippen molar-refractivity contribution in [2.24, 2.45) is 0 Å². The molecule has 0 unspecified atom stereocenters. The normalized spacial score (nSPS) is 10.3. The number of fused-ring (bicyclic) bond motifs is 1. The summed E-state index contributed by atoms with van der Waals surface area (Å²) in [5.74, 6) is 0.279. The summed E-state index contributed by atoms with van der Waals surface area (Å²) in [4.78, 5) is 16.7. The number of halogens is 1. The fourth-order valence-electron chi connectivity index (χ4n) is 2.66. The lowest BCUT2D eigenvalue weighted by atomic mass is 10.1. The monoisotopic (exact) mass is 364 g/mol. The first-order valence-corrected chi connectivity index (χ1v) is 8.55. The van der Waals surface area contributed by atoms with Gasteiger partial charge in [-0.2, -0.15) is 5.26 Å². The number of rotatable bonds is 5.